The Bertz CT molecular complexity index is 369. The minimum absolute atomic E-state index is 0.447. The van der Waals surface area contributed by atoms with Gasteiger partial charge in [0.2, 0.25) is 0 Å². The predicted molar refractivity (Wildman–Crippen MR) is 78.0 cm³/mol. The summed E-state index contributed by atoms with van der Waals surface area (Å²) < 4.78 is 0. The van der Waals surface area contributed by atoms with Crippen molar-refractivity contribution in [2.75, 3.05) is 20.1 Å². The van der Waals surface area contributed by atoms with Crippen LogP contribution in [-0.4, -0.2) is 31.1 Å². The molecule has 1 heterocycles. The van der Waals surface area contributed by atoms with Crippen molar-refractivity contribution < 1.29 is 0 Å². The summed E-state index contributed by atoms with van der Waals surface area (Å²) in [5, 5.41) is 3.73. The summed E-state index contributed by atoms with van der Waals surface area (Å²) in [6.07, 6.45) is 1.27. The zero-order valence-electron chi connectivity index (χ0n) is 12.1. The van der Waals surface area contributed by atoms with Gasteiger partial charge in [0.25, 0.3) is 0 Å². The van der Waals surface area contributed by atoms with Crippen LogP contribution in [0.15, 0.2) is 24.3 Å². The predicted octanol–water partition coefficient (Wildman–Crippen LogP) is 3.16. The first-order valence-corrected chi connectivity index (χ1v) is 7.10. The maximum Gasteiger partial charge on any atom is 0.0294 e. The monoisotopic (exact) mass is 246 g/mol. The number of nitrogens with one attached hydrogen (secondary N) is 1. The van der Waals surface area contributed by atoms with E-state index in [9.17, 15) is 0 Å². The van der Waals surface area contributed by atoms with Gasteiger partial charge in [-0.1, -0.05) is 38.1 Å². The number of nitrogens with zero attached hydrogens (tertiary/aromatic N) is 1. The van der Waals surface area contributed by atoms with Crippen molar-refractivity contribution in [3.63, 3.8) is 0 Å². The smallest absolute Gasteiger partial charge is 0.0294 e. The molecule has 1 aliphatic rings. The summed E-state index contributed by atoms with van der Waals surface area (Å²) in [6.45, 7) is 9.14. The largest absolute Gasteiger partial charge is 0.306 e. The molecule has 2 unspecified atom stereocenters. The molecule has 1 aromatic carbocycles. The van der Waals surface area contributed by atoms with Crippen molar-refractivity contribution in [3.8, 4) is 0 Å². The first-order valence-electron chi connectivity index (χ1n) is 7.10. The number of likely N-dealkylation sites (N-methyl/N-ethyl adjacent to an activating group) is 1. The van der Waals surface area contributed by atoms with E-state index in [1.807, 2.05) is 0 Å². The van der Waals surface area contributed by atoms with E-state index in [-0.39, 0.29) is 0 Å². The average Bonchev–Trinajstić information content (AvgIpc) is 2.75. The number of hydrogen-bond acceptors (Lipinski definition) is 2. The zero-order valence-corrected chi connectivity index (χ0v) is 12.1. The summed E-state index contributed by atoms with van der Waals surface area (Å²) in [6, 6.07) is 10.2. The highest BCUT2D eigenvalue weighted by Crippen LogP contribution is 2.20. The molecule has 2 atom stereocenters. The van der Waals surface area contributed by atoms with Gasteiger partial charge in [0.1, 0.15) is 0 Å². The number of rotatable bonds is 4. The third-order valence-corrected chi connectivity index (χ3v) is 3.98. The fraction of sp³-hybridized carbons (Fsp3) is 0.625. The molecular weight excluding hydrogens is 220 g/mol. The molecule has 0 aliphatic carbocycles. The van der Waals surface area contributed by atoms with E-state index in [1.54, 1.807) is 0 Å². The van der Waals surface area contributed by atoms with E-state index in [2.05, 4.69) is 62.3 Å². The van der Waals surface area contributed by atoms with Crippen molar-refractivity contribution in [2.45, 2.75) is 45.2 Å². The Hall–Kier alpha value is -0.860. The fourth-order valence-electron chi connectivity index (χ4n) is 2.69. The van der Waals surface area contributed by atoms with Gasteiger partial charge in [0.15, 0.2) is 0 Å². The highest BCUT2D eigenvalue weighted by molar-refractivity contribution is 5.26. The van der Waals surface area contributed by atoms with Crippen LogP contribution in [0.25, 0.3) is 0 Å². The SMILES string of the molecule is CC(C)c1ccc(C(C)NC2CCN(C)C2)cc1. The highest BCUT2D eigenvalue weighted by atomic mass is 15.2. The third kappa shape index (κ3) is 3.33. The molecule has 2 nitrogen and oxygen atoms in total. The second-order valence-corrected chi connectivity index (χ2v) is 5.96. The molecule has 0 aromatic heterocycles. The summed E-state index contributed by atoms with van der Waals surface area (Å²) in [7, 11) is 2.20. The Morgan fingerprint density at radius 2 is 1.72 bits per heavy atom. The normalized spacial score (nSPS) is 22.6. The van der Waals surface area contributed by atoms with Gasteiger partial charge >= 0.3 is 0 Å². The van der Waals surface area contributed by atoms with Gasteiger partial charge in [-0.2, -0.15) is 0 Å². The Balaban J connectivity index is 1.94. The minimum atomic E-state index is 0.447. The van der Waals surface area contributed by atoms with Crippen molar-refractivity contribution in [2.24, 2.45) is 0 Å². The van der Waals surface area contributed by atoms with Gasteiger partial charge in [-0.25, -0.2) is 0 Å². The van der Waals surface area contributed by atoms with Crippen molar-refractivity contribution >= 4 is 0 Å². The molecule has 18 heavy (non-hydrogen) atoms. The van der Waals surface area contributed by atoms with Crippen LogP contribution >= 0.6 is 0 Å². The molecule has 2 rings (SSSR count). The lowest BCUT2D eigenvalue weighted by Gasteiger charge is -2.20. The Morgan fingerprint density at radius 3 is 2.22 bits per heavy atom. The molecule has 1 fully saturated rings. The van der Waals surface area contributed by atoms with Crippen molar-refractivity contribution in [1.29, 1.82) is 0 Å². The maximum atomic E-state index is 3.73. The van der Waals surface area contributed by atoms with Crippen molar-refractivity contribution in [1.82, 2.24) is 10.2 Å². The van der Waals surface area contributed by atoms with Crippen LogP contribution in [0.5, 0.6) is 0 Å². The fourth-order valence-corrected chi connectivity index (χ4v) is 2.69. The van der Waals surface area contributed by atoms with Crippen LogP contribution < -0.4 is 5.32 Å². The third-order valence-electron chi connectivity index (χ3n) is 3.98. The van der Waals surface area contributed by atoms with Gasteiger partial charge in [-0.15, -0.1) is 0 Å². The molecule has 1 saturated heterocycles. The first-order chi connectivity index (χ1) is 8.56. The molecule has 1 N–H and O–H groups in total. The van der Waals surface area contributed by atoms with Crippen LogP contribution in [0.1, 0.15) is 50.3 Å². The van der Waals surface area contributed by atoms with Gasteiger partial charge in [0.05, 0.1) is 0 Å². The van der Waals surface area contributed by atoms with E-state index in [4.69, 9.17) is 0 Å². The molecule has 0 radical (unpaired) electrons. The molecule has 100 valence electrons. The van der Waals surface area contributed by atoms with E-state index in [1.165, 1.54) is 30.6 Å². The van der Waals surface area contributed by atoms with Crippen LogP contribution in [0.4, 0.5) is 0 Å². The van der Waals surface area contributed by atoms with E-state index in [0.29, 0.717) is 18.0 Å². The molecule has 1 aromatic rings. The van der Waals surface area contributed by atoms with Crippen LogP contribution in [0.3, 0.4) is 0 Å². The van der Waals surface area contributed by atoms with Gasteiger partial charge in [0, 0.05) is 18.6 Å². The molecular formula is C16H26N2. The zero-order chi connectivity index (χ0) is 13.1. The lowest BCUT2D eigenvalue weighted by molar-refractivity contribution is 0.387. The minimum Gasteiger partial charge on any atom is -0.306 e. The summed E-state index contributed by atoms with van der Waals surface area (Å²) >= 11 is 0. The van der Waals surface area contributed by atoms with Crippen LogP contribution in [-0.2, 0) is 0 Å². The summed E-state index contributed by atoms with van der Waals surface area (Å²) in [4.78, 5) is 2.40. The first kappa shape index (κ1) is 13.6. The second kappa shape index (κ2) is 5.85. The molecule has 0 spiro atoms. The lowest BCUT2D eigenvalue weighted by atomic mass is 9.99. The van der Waals surface area contributed by atoms with Gasteiger partial charge in [-0.05, 0) is 44.0 Å². The molecule has 0 saturated carbocycles. The van der Waals surface area contributed by atoms with Crippen LogP contribution in [0, 0.1) is 0 Å². The number of benzene rings is 1. The Labute approximate surface area is 111 Å². The lowest BCUT2D eigenvalue weighted by Crippen LogP contribution is -2.33. The van der Waals surface area contributed by atoms with E-state index >= 15 is 0 Å². The molecule has 0 amide bonds. The Kier molecular flexibility index (Phi) is 4.41. The molecule has 1 aliphatic heterocycles. The standard InChI is InChI=1S/C16H26N2/c1-12(2)14-5-7-15(8-6-14)13(3)17-16-9-10-18(4)11-16/h5-8,12-13,16-17H,9-11H2,1-4H3. The summed E-state index contributed by atoms with van der Waals surface area (Å²) in [5.74, 6) is 0.616. The van der Waals surface area contributed by atoms with E-state index in [0.717, 1.165) is 0 Å². The topological polar surface area (TPSA) is 15.3 Å². The number of likely N-dealkylation sites (tertiary alicyclic amines) is 1. The van der Waals surface area contributed by atoms with Crippen molar-refractivity contribution in [3.05, 3.63) is 35.4 Å². The highest BCUT2D eigenvalue weighted by Gasteiger charge is 2.21. The summed E-state index contributed by atoms with van der Waals surface area (Å²) in [5.41, 5.74) is 2.82. The van der Waals surface area contributed by atoms with Crippen LogP contribution in [0.2, 0.25) is 0 Å². The second-order valence-electron chi connectivity index (χ2n) is 5.96. The maximum absolute atomic E-state index is 3.73. The van der Waals surface area contributed by atoms with Gasteiger partial charge < -0.3 is 10.2 Å². The molecule has 0 bridgehead atoms. The quantitative estimate of drug-likeness (QED) is 0.878. The molecule has 2 heteroatoms. The van der Waals surface area contributed by atoms with Gasteiger partial charge in [-0.3, -0.25) is 0 Å². The van der Waals surface area contributed by atoms with E-state index < -0.39 is 0 Å². The average molecular weight is 246 g/mol. The number of hydrogen-bond donors (Lipinski definition) is 1. The Morgan fingerprint density at radius 1 is 1.11 bits per heavy atom.